The normalized spacial score (nSPS) is 30.0. The Bertz CT molecular complexity index is 340. The summed E-state index contributed by atoms with van der Waals surface area (Å²) in [5.74, 6) is 0.386. The molecule has 0 aromatic rings. The number of rotatable bonds is 1. The largest absolute Gasteiger partial charge is 0.330 e. The van der Waals surface area contributed by atoms with Gasteiger partial charge in [-0.15, -0.1) is 0 Å². The van der Waals surface area contributed by atoms with Crippen molar-refractivity contribution in [2.45, 2.75) is 25.9 Å². The number of nitrogens with one attached hydrogen (secondary N) is 1. The number of carbonyl (C=O) groups is 1. The van der Waals surface area contributed by atoms with E-state index in [-0.39, 0.29) is 18.1 Å². The van der Waals surface area contributed by atoms with Gasteiger partial charge in [0.15, 0.2) is 0 Å². The molecule has 1 saturated heterocycles. The molecule has 2 rings (SSSR count). The van der Waals surface area contributed by atoms with E-state index in [0.717, 1.165) is 0 Å². The standard InChI is InChI=1S/C10H13N3O/c1-6(2)8-3-7(4-11)13-5-9(8)12-10(13)14/h3,6-7,9H,5H2,1-2H3,(H,12,14)/t7-,9-/m0/s1. The van der Waals surface area contributed by atoms with Gasteiger partial charge in [-0.2, -0.15) is 5.26 Å². The monoisotopic (exact) mass is 191 g/mol. The molecule has 0 aromatic carbocycles. The maximum atomic E-state index is 11.4. The average molecular weight is 191 g/mol. The summed E-state index contributed by atoms with van der Waals surface area (Å²) in [5.41, 5.74) is 1.18. The molecular weight excluding hydrogens is 178 g/mol. The summed E-state index contributed by atoms with van der Waals surface area (Å²) in [7, 11) is 0. The fourth-order valence-corrected chi connectivity index (χ4v) is 2.08. The molecule has 0 unspecified atom stereocenters. The van der Waals surface area contributed by atoms with Crippen LogP contribution in [-0.2, 0) is 0 Å². The molecule has 2 amide bonds. The highest BCUT2D eigenvalue weighted by Gasteiger charge is 2.39. The Morgan fingerprint density at radius 1 is 1.71 bits per heavy atom. The lowest BCUT2D eigenvalue weighted by Crippen LogP contribution is -2.38. The number of fused-ring (bicyclic) bond motifs is 2. The fourth-order valence-electron chi connectivity index (χ4n) is 2.08. The molecule has 1 fully saturated rings. The molecule has 1 N–H and O–H groups in total. The lowest BCUT2D eigenvalue weighted by atomic mass is 9.91. The summed E-state index contributed by atoms with van der Waals surface area (Å²) < 4.78 is 0. The van der Waals surface area contributed by atoms with E-state index >= 15 is 0 Å². The first kappa shape index (κ1) is 9.07. The van der Waals surface area contributed by atoms with Crippen LogP contribution in [0.15, 0.2) is 11.6 Å². The SMILES string of the molecule is CC(C)C1=C[C@@H](C#N)N2C[C@@H]1NC2=O. The Kier molecular flexibility index (Phi) is 1.95. The van der Waals surface area contributed by atoms with Crippen LogP contribution in [-0.4, -0.2) is 29.6 Å². The first-order valence-electron chi connectivity index (χ1n) is 4.82. The summed E-state index contributed by atoms with van der Waals surface area (Å²) in [6.07, 6.45) is 1.91. The molecule has 0 saturated carbocycles. The zero-order valence-electron chi connectivity index (χ0n) is 8.32. The highest BCUT2D eigenvalue weighted by molar-refractivity contribution is 5.79. The Morgan fingerprint density at radius 2 is 2.43 bits per heavy atom. The first-order valence-corrected chi connectivity index (χ1v) is 4.82. The van der Waals surface area contributed by atoms with Gasteiger partial charge in [0.2, 0.25) is 0 Å². The van der Waals surface area contributed by atoms with Crippen molar-refractivity contribution >= 4 is 6.03 Å². The van der Waals surface area contributed by atoms with Gasteiger partial charge in [0.05, 0.1) is 12.1 Å². The second-order valence-electron chi connectivity index (χ2n) is 4.05. The van der Waals surface area contributed by atoms with Crippen molar-refractivity contribution in [2.75, 3.05) is 6.54 Å². The summed E-state index contributed by atoms with van der Waals surface area (Å²) in [6, 6.07) is 1.75. The van der Waals surface area contributed by atoms with Crippen molar-refractivity contribution < 1.29 is 4.79 Å². The van der Waals surface area contributed by atoms with Crippen LogP contribution in [0.5, 0.6) is 0 Å². The van der Waals surface area contributed by atoms with Gasteiger partial charge in [-0.05, 0) is 17.6 Å². The van der Waals surface area contributed by atoms with Gasteiger partial charge in [-0.3, -0.25) is 0 Å². The molecule has 74 valence electrons. The molecule has 2 atom stereocenters. The zero-order valence-corrected chi connectivity index (χ0v) is 8.32. The number of amides is 2. The third-order valence-corrected chi connectivity index (χ3v) is 2.83. The highest BCUT2D eigenvalue weighted by Crippen LogP contribution is 2.26. The molecule has 0 spiro atoms. The molecule has 4 nitrogen and oxygen atoms in total. The highest BCUT2D eigenvalue weighted by atomic mass is 16.2. The van der Waals surface area contributed by atoms with E-state index in [0.29, 0.717) is 12.5 Å². The van der Waals surface area contributed by atoms with Gasteiger partial charge in [0.1, 0.15) is 6.04 Å². The van der Waals surface area contributed by atoms with Gasteiger partial charge in [0, 0.05) is 6.54 Å². The third kappa shape index (κ3) is 1.17. The van der Waals surface area contributed by atoms with Crippen LogP contribution in [0, 0.1) is 17.2 Å². The van der Waals surface area contributed by atoms with E-state index in [9.17, 15) is 4.79 Å². The Labute approximate surface area is 83.2 Å². The van der Waals surface area contributed by atoms with Crippen LogP contribution in [0.25, 0.3) is 0 Å². The van der Waals surface area contributed by atoms with Crippen molar-refractivity contribution in [3.05, 3.63) is 11.6 Å². The minimum Gasteiger partial charge on any atom is -0.330 e. The number of urea groups is 1. The molecular formula is C10H13N3O. The van der Waals surface area contributed by atoms with Crippen molar-refractivity contribution in [3.63, 3.8) is 0 Å². The molecule has 2 bridgehead atoms. The molecule has 2 heterocycles. The van der Waals surface area contributed by atoms with E-state index in [1.54, 1.807) is 4.90 Å². The fraction of sp³-hybridized carbons (Fsp3) is 0.600. The third-order valence-electron chi connectivity index (χ3n) is 2.83. The summed E-state index contributed by atoms with van der Waals surface area (Å²) in [5, 5.41) is 11.8. The van der Waals surface area contributed by atoms with Crippen molar-refractivity contribution in [1.29, 1.82) is 5.26 Å². The molecule has 2 aliphatic rings. The van der Waals surface area contributed by atoms with Gasteiger partial charge >= 0.3 is 6.03 Å². The quantitative estimate of drug-likeness (QED) is 0.625. The second kappa shape index (κ2) is 3.02. The van der Waals surface area contributed by atoms with Gasteiger partial charge < -0.3 is 10.2 Å². The van der Waals surface area contributed by atoms with Crippen LogP contribution in [0.1, 0.15) is 13.8 Å². The van der Waals surface area contributed by atoms with Crippen LogP contribution in [0.4, 0.5) is 4.79 Å². The maximum Gasteiger partial charge on any atom is 0.319 e. The van der Waals surface area contributed by atoms with Crippen molar-refractivity contribution in [3.8, 4) is 6.07 Å². The summed E-state index contributed by atoms with van der Waals surface area (Å²) in [4.78, 5) is 13.0. The minimum atomic E-state index is -0.383. The van der Waals surface area contributed by atoms with Crippen LogP contribution >= 0.6 is 0 Å². The van der Waals surface area contributed by atoms with Crippen LogP contribution < -0.4 is 5.32 Å². The van der Waals surface area contributed by atoms with Gasteiger partial charge in [-0.1, -0.05) is 13.8 Å². The minimum absolute atomic E-state index is 0.117. The van der Waals surface area contributed by atoms with E-state index in [2.05, 4.69) is 25.2 Å². The number of carbonyl (C=O) groups excluding carboxylic acids is 1. The Hall–Kier alpha value is -1.50. The molecule has 0 radical (unpaired) electrons. The molecule has 14 heavy (non-hydrogen) atoms. The summed E-state index contributed by atoms with van der Waals surface area (Å²) in [6.45, 7) is 4.81. The Balaban J connectivity index is 2.34. The number of hydrogen-bond acceptors (Lipinski definition) is 2. The predicted octanol–water partition coefficient (Wildman–Crippen LogP) is 0.868. The smallest absolute Gasteiger partial charge is 0.319 e. The number of hydrogen-bond donors (Lipinski definition) is 1. The lowest BCUT2D eigenvalue weighted by molar-refractivity contribution is 0.214. The van der Waals surface area contributed by atoms with Crippen molar-refractivity contribution in [2.24, 2.45) is 5.92 Å². The summed E-state index contributed by atoms with van der Waals surface area (Å²) >= 11 is 0. The number of nitriles is 1. The molecule has 4 heteroatoms. The molecule has 0 aromatic heterocycles. The maximum absolute atomic E-state index is 11.4. The van der Waals surface area contributed by atoms with E-state index in [4.69, 9.17) is 5.26 Å². The van der Waals surface area contributed by atoms with E-state index in [1.807, 2.05) is 6.08 Å². The molecule has 0 aliphatic carbocycles. The predicted molar refractivity (Wildman–Crippen MR) is 51.3 cm³/mol. The lowest BCUT2D eigenvalue weighted by Gasteiger charge is -2.26. The van der Waals surface area contributed by atoms with E-state index < -0.39 is 0 Å². The van der Waals surface area contributed by atoms with Crippen molar-refractivity contribution in [1.82, 2.24) is 10.2 Å². The van der Waals surface area contributed by atoms with E-state index in [1.165, 1.54) is 5.57 Å². The van der Waals surface area contributed by atoms with Gasteiger partial charge in [0.25, 0.3) is 0 Å². The first-order chi connectivity index (χ1) is 6.63. The topological polar surface area (TPSA) is 56.1 Å². The number of nitrogens with zero attached hydrogens (tertiary/aromatic N) is 2. The van der Waals surface area contributed by atoms with Crippen LogP contribution in [0.2, 0.25) is 0 Å². The zero-order chi connectivity index (χ0) is 10.3. The van der Waals surface area contributed by atoms with Crippen LogP contribution in [0.3, 0.4) is 0 Å². The average Bonchev–Trinajstić information content (AvgIpc) is 2.45. The Morgan fingerprint density at radius 3 is 3.00 bits per heavy atom. The second-order valence-corrected chi connectivity index (χ2v) is 4.05. The molecule has 2 aliphatic heterocycles. The van der Waals surface area contributed by atoms with Gasteiger partial charge in [-0.25, -0.2) is 4.79 Å².